The monoisotopic (exact) mass is 380 g/mol. The van der Waals surface area contributed by atoms with E-state index in [0.29, 0.717) is 0 Å². The number of hydrogen-bond donors (Lipinski definition) is 2. The molecule has 0 aromatic rings. The summed E-state index contributed by atoms with van der Waals surface area (Å²) in [7, 11) is 0. The lowest BCUT2D eigenvalue weighted by Gasteiger charge is -2.51. The molecule has 0 aromatic carbocycles. The Kier molecular flexibility index (Phi) is 5.22. The van der Waals surface area contributed by atoms with Crippen molar-refractivity contribution in [3.05, 3.63) is 11.8 Å². The molecule has 3 N–H and O–H groups in total. The van der Waals surface area contributed by atoms with Crippen LogP contribution in [0, 0.1) is 0 Å². The van der Waals surface area contributed by atoms with E-state index in [1.807, 2.05) is 0 Å². The Bertz CT molecular complexity index is 482. The van der Waals surface area contributed by atoms with Crippen molar-refractivity contribution in [3.8, 4) is 0 Å². The number of aliphatic carboxylic acids is 1. The van der Waals surface area contributed by atoms with Crippen LogP contribution >= 0.6 is 59.0 Å². The summed E-state index contributed by atoms with van der Waals surface area (Å²) in [5, 5.41) is 8.96. The van der Waals surface area contributed by atoms with E-state index in [-0.39, 0.29) is 35.7 Å². The Morgan fingerprint density at radius 3 is 2.60 bits per heavy atom. The van der Waals surface area contributed by atoms with Crippen molar-refractivity contribution >= 4 is 70.8 Å². The molecule has 1 saturated heterocycles. The van der Waals surface area contributed by atoms with Crippen molar-refractivity contribution < 1.29 is 14.7 Å². The molecular weight excluding hydrogens is 370 g/mol. The van der Waals surface area contributed by atoms with E-state index in [1.54, 1.807) is 6.92 Å². The number of amides is 1. The second-order valence-electron chi connectivity index (χ2n) is 4.65. The van der Waals surface area contributed by atoms with Crippen LogP contribution in [0.25, 0.3) is 0 Å². The Labute approximate surface area is 141 Å². The summed E-state index contributed by atoms with van der Waals surface area (Å²) in [6.07, 6.45) is 1.31. The number of carboxylic acid groups (broad SMARTS) is 1. The largest absolute Gasteiger partial charge is 0.478 e. The molecule has 0 bridgehead atoms. The third-order valence-corrected chi connectivity index (χ3v) is 5.16. The number of fused-ring (bicyclic) bond motifs is 1. The molecule has 0 aromatic heterocycles. The zero-order chi connectivity index (χ0) is 14.6. The van der Waals surface area contributed by atoms with E-state index in [2.05, 4.69) is 0 Å². The maximum atomic E-state index is 11.5. The average Bonchev–Trinajstić information content (AvgIpc) is 2.24. The third kappa shape index (κ3) is 3.15. The Morgan fingerprint density at radius 2 is 2.15 bits per heavy atom. The number of carbonyl (C=O) groups is 2. The van der Waals surface area contributed by atoms with Gasteiger partial charge in [-0.2, -0.15) is 0 Å². The van der Waals surface area contributed by atoms with E-state index in [1.165, 1.54) is 22.9 Å². The Morgan fingerprint density at radius 1 is 1.60 bits per heavy atom. The number of carbonyl (C=O) groups excluding carboxylic acids is 1. The molecule has 2 heterocycles. The van der Waals surface area contributed by atoms with Crippen LogP contribution < -0.4 is 5.73 Å². The van der Waals surface area contributed by atoms with Gasteiger partial charge in [-0.1, -0.05) is 34.8 Å². The number of carboxylic acids is 1. The molecule has 2 unspecified atom stereocenters. The smallest absolute Gasteiger partial charge is 0.334 e. The van der Waals surface area contributed by atoms with Gasteiger partial charge < -0.3 is 15.7 Å². The first-order valence-corrected chi connectivity index (χ1v) is 7.34. The molecule has 2 aliphatic rings. The van der Waals surface area contributed by atoms with Crippen LogP contribution in [0.2, 0.25) is 0 Å². The van der Waals surface area contributed by atoms with E-state index in [9.17, 15) is 14.7 Å². The number of nitrogens with zero attached hydrogens (tertiary/aromatic N) is 1. The molecule has 2 rings (SSSR count). The predicted octanol–water partition coefficient (Wildman–Crippen LogP) is 2.14. The van der Waals surface area contributed by atoms with Crippen molar-refractivity contribution in [2.24, 2.45) is 5.73 Å². The third-order valence-electron chi connectivity index (χ3n) is 3.11. The number of rotatable bonds is 2. The first-order valence-electron chi connectivity index (χ1n) is 5.33. The van der Waals surface area contributed by atoms with Crippen LogP contribution in [0.15, 0.2) is 11.8 Å². The van der Waals surface area contributed by atoms with Crippen LogP contribution in [-0.2, 0) is 9.59 Å². The Hall–Kier alpha value is 0.150. The molecule has 20 heavy (non-hydrogen) atoms. The maximum Gasteiger partial charge on any atom is 0.334 e. The van der Waals surface area contributed by atoms with Crippen LogP contribution in [0.3, 0.4) is 0 Å². The summed E-state index contributed by atoms with van der Waals surface area (Å²) >= 11 is 18.6. The first kappa shape index (κ1) is 18.2. The zero-order valence-corrected chi connectivity index (χ0v) is 14.1. The van der Waals surface area contributed by atoms with Crippen molar-refractivity contribution in [3.63, 3.8) is 0 Å². The van der Waals surface area contributed by atoms with E-state index >= 15 is 0 Å². The fourth-order valence-electron chi connectivity index (χ4n) is 2.18. The molecule has 0 radical (unpaired) electrons. The first-order chi connectivity index (χ1) is 8.55. The number of thioether (sulfide) groups is 1. The van der Waals surface area contributed by atoms with Gasteiger partial charge in [0.25, 0.3) is 0 Å². The van der Waals surface area contributed by atoms with E-state index < -0.39 is 20.6 Å². The number of hydrogen-bond acceptors (Lipinski definition) is 4. The van der Waals surface area contributed by atoms with Crippen molar-refractivity contribution in [1.29, 1.82) is 0 Å². The highest BCUT2D eigenvalue weighted by atomic mass is 35.6. The van der Waals surface area contributed by atoms with Crippen LogP contribution in [-0.4, -0.2) is 41.8 Å². The van der Waals surface area contributed by atoms with Crippen LogP contribution in [0.1, 0.15) is 13.3 Å². The topological polar surface area (TPSA) is 83.6 Å². The number of halogens is 4. The molecule has 5 nitrogen and oxygen atoms in total. The zero-order valence-electron chi connectivity index (χ0n) is 10.2. The standard InChI is InChI=1S/C10H11Cl3N2O3S.ClH/c1-9(3-10(11,12)13)4(8(17)18)2-15-6(16)5(14)7(15)19-9;/h2,5,7H,3,14H2,1H3,(H,17,18);1H/t5?,7-,9?;/m1./s1. The van der Waals surface area contributed by atoms with Crippen LogP contribution in [0.4, 0.5) is 0 Å². The number of alkyl halides is 3. The summed E-state index contributed by atoms with van der Waals surface area (Å²) in [5.41, 5.74) is 5.72. The van der Waals surface area contributed by atoms with Gasteiger partial charge in [-0.15, -0.1) is 24.2 Å². The lowest BCUT2D eigenvalue weighted by Crippen LogP contribution is -2.68. The highest BCUT2D eigenvalue weighted by molar-refractivity contribution is 8.01. The van der Waals surface area contributed by atoms with Gasteiger partial charge in [0.2, 0.25) is 5.91 Å². The van der Waals surface area contributed by atoms with Gasteiger partial charge >= 0.3 is 5.97 Å². The van der Waals surface area contributed by atoms with Crippen molar-refractivity contribution in [2.75, 3.05) is 0 Å². The summed E-state index contributed by atoms with van der Waals surface area (Å²) < 4.78 is -2.51. The number of nitrogens with two attached hydrogens (primary N) is 1. The van der Waals surface area contributed by atoms with Crippen LogP contribution in [0.5, 0.6) is 0 Å². The summed E-state index contributed by atoms with van der Waals surface area (Å²) in [5.74, 6) is -1.44. The van der Waals surface area contributed by atoms with Crippen molar-refractivity contribution in [1.82, 2.24) is 4.90 Å². The average molecular weight is 382 g/mol. The number of β-lactam (4-membered cyclic amide) rings is 1. The molecule has 0 saturated carbocycles. The van der Waals surface area contributed by atoms with Gasteiger partial charge in [0.15, 0.2) is 3.79 Å². The molecule has 114 valence electrons. The highest BCUT2D eigenvalue weighted by Crippen LogP contribution is 2.52. The molecule has 2 aliphatic heterocycles. The van der Waals surface area contributed by atoms with Gasteiger partial charge in [-0.3, -0.25) is 4.79 Å². The summed E-state index contributed by atoms with van der Waals surface area (Å²) in [4.78, 5) is 24.2. The van der Waals surface area contributed by atoms with E-state index in [4.69, 9.17) is 40.5 Å². The Balaban J connectivity index is 0.00000200. The highest BCUT2D eigenvalue weighted by Gasteiger charge is 2.55. The molecule has 10 heteroatoms. The lowest BCUT2D eigenvalue weighted by atomic mass is 9.95. The van der Waals surface area contributed by atoms with Crippen molar-refractivity contribution in [2.45, 2.75) is 33.3 Å². The molecule has 1 amide bonds. The molecule has 0 aliphatic carbocycles. The lowest BCUT2D eigenvalue weighted by molar-refractivity contribution is -0.140. The molecule has 0 spiro atoms. The fourth-order valence-corrected chi connectivity index (χ4v) is 4.86. The second-order valence-corrected chi connectivity index (χ2v) is 8.79. The van der Waals surface area contributed by atoms with Gasteiger partial charge in [0.05, 0.1) is 10.3 Å². The molecular formula is C10H12Cl4N2O3S. The van der Waals surface area contributed by atoms with Gasteiger partial charge in [0, 0.05) is 12.6 Å². The van der Waals surface area contributed by atoms with Gasteiger partial charge in [0.1, 0.15) is 11.4 Å². The quantitative estimate of drug-likeness (QED) is 0.565. The normalized spacial score (nSPS) is 32.8. The molecule has 3 atom stereocenters. The van der Waals surface area contributed by atoms with E-state index in [0.717, 1.165) is 0 Å². The maximum absolute atomic E-state index is 11.5. The van der Waals surface area contributed by atoms with Gasteiger partial charge in [-0.05, 0) is 6.92 Å². The minimum atomic E-state index is -1.59. The SMILES string of the molecule is CC1(CC(Cl)(Cl)Cl)S[C@@H]2C(N)C(=O)N2C=C1C(=O)O.Cl. The minimum absolute atomic E-state index is 0. The fraction of sp³-hybridized carbons (Fsp3) is 0.600. The van der Waals surface area contributed by atoms with Gasteiger partial charge in [-0.25, -0.2) is 4.79 Å². The molecule has 1 fully saturated rings. The second kappa shape index (κ2) is 5.74. The predicted molar refractivity (Wildman–Crippen MR) is 82.5 cm³/mol. The minimum Gasteiger partial charge on any atom is -0.478 e. The summed E-state index contributed by atoms with van der Waals surface area (Å²) in [6.45, 7) is 1.67. The summed E-state index contributed by atoms with van der Waals surface area (Å²) in [6, 6.07) is -0.647.